The number of ether oxygens (including phenoxy) is 1. The van der Waals surface area contributed by atoms with Crippen molar-refractivity contribution in [2.45, 2.75) is 19.0 Å². The third-order valence-electron chi connectivity index (χ3n) is 4.37. The molecule has 2 heterocycles. The van der Waals surface area contributed by atoms with Crippen LogP contribution in [0.25, 0.3) is 6.08 Å². The topological polar surface area (TPSA) is 76.8 Å². The van der Waals surface area contributed by atoms with Gasteiger partial charge in [0, 0.05) is 12.1 Å². The maximum Gasteiger partial charge on any atom is 0.247 e. The number of amides is 1. The van der Waals surface area contributed by atoms with Crippen molar-refractivity contribution < 1.29 is 22.4 Å². The number of benzene rings is 1. The summed E-state index contributed by atoms with van der Waals surface area (Å²) in [6.07, 6.45) is 5.16. The molecule has 2 aromatic rings. The van der Waals surface area contributed by atoms with Gasteiger partial charge in [-0.3, -0.25) is 4.79 Å². The van der Waals surface area contributed by atoms with Crippen molar-refractivity contribution >= 4 is 21.8 Å². The monoisotopic (exact) mass is 375 g/mol. The molecule has 3 rings (SSSR count). The Labute approximate surface area is 153 Å². The van der Waals surface area contributed by atoms with Crippen molar-refractivity contribution in [1.29, 1.82) is 0 Å². The summed E-state index contributed by atoms with van der Waals surface area (Å²) in [5, 5.41) is 0. The first-order chi connectivity index (χ1) is 12.5. The van der Waals surface area contributed by atoms with Gasteiger partial charge in [-0.25, -0.2) is 8.42 Å². The van der Waals surface area contributed by atoms with Gasteiger partial charge in [0.15, 0.2) is 9.84 Å². The van der Waals surface area contributed by atoms with Gasteiger partial charge in [-0.05, 0) is 42.3 Å². The molecule has 1 aliphatic rings. The fraction of sp³-hybridized carbons (Fsp3) is 0.316. The van der Waals surface area contributed by atoms with Gasteiger partial charge in [-0.1, -0.05) is 12.1 Å². The quantitative estimate of drug-likeness (QED) is 0.725. The molecular weight excluding hydrogens is 354 g/mol. The van der Waals surface area contributed by atoms with Crippen LogP contribution in [0.2, 0.25) is 0 Å². The largest absolute Gasteiger partial charge is 0.497 e. The molecular formula is C19H21NO5S. The second-order valence-electron chi connectivity index (χ2n) is 6.21. The number of hydrogen-bond donors (Lipinski definition) is 0. The summed E-state index contributed by atoms with van der Waals surface area (Å²) in [5.74, 6) is 1.24. The van der Waals surface area contributed by atoms with E-state index in [1.165, 1.54) is 12.3 Å². The van der Waals surface area contributed by atoms with Gasteiger partial charge in [-0.15, -0.1) is 0 Å². The third kappa shape index (κ3) is 4.54. The van der Waals surface area contributed by atoms with E-state index in [0.717, 1.165) is 11.3 Å². The van der Waals surface area contributed by atoms with Gasteiger partial charge >= 0.3 is 0 Å². The smallest absolute Gasteiger partial charge is 0.247 e. The van der Waals surface area contributed by atoms with Crippen molar-refractivity contribution in [3.63, 3.8) is 0 Å². The summed E-state index contributed by atoms with van der Waals surface area (Å²) in [6, 6.07) is 10.5. The highest BCUT2D eigenvalue weighted by atomic mass is 32.2. The molecule has 1 fully saturated rings. The van der Waals surface area contributed by atoms with Crippen molar-refractivity contribution in [3.05, 3.63) is 60.1 Å². The van der Waals surface area contributed by atoms with Gasteiger partial charge in [-0.2, -0.15) is 0 Å². The van der Waals surface area contributed by atoms with Gasteiger partial charge in [0.05, 0.1) is 31.4 Å². The maximum absolute atomic E-state index is 12.7. The Morgan fingerprint density at radius 1 is 1.31 bits per heavy atom. The maximum atomic E-state index is 12.7. The number of methoxy groups -OCH3 is 1. The summed E-state index contributed by atoms with van der Waals surface area (Å²) >= 11 is 0. The zero-order valence-electron chi connectivity index (χ0n) is 14.5. The molecule has 1 aliphatic heterocycles. The van der Waals surface area contributed by atoms with Crippen LogP contribution in [0.3, 0.4) is 0 Å². The molecule has 0 radical (unpaired) electrons. The Bertz CT molecular complexity index is 869. The van der Waals surface area contributed by atoms with E-state index in [2.05, 4.69) is 0 Å². The van der Waals surface area contributed by atoms with Crippen LogP contribution in [-0.2, 0) is 21.2 Å². The molecule has 0 spiro atoms. The molecule has 0 aliphatic carbocycles. The van der Waals surface area contributed by atoms with E-state index >= 15 is 0 Å². The zero-order valence-corrected chi connectivity index (χ0v) is 15.3. The highest BCUT2D eigenvalue weighted by molar-refractivity contribution is 7.91. The lowest BCUT2D eigenvalue weighted by molar-refractivity contribution is -0.128. The molecule has 1 unspecified atom stereocenters. The standard InChI is InChI=1S/C19H21NO5S/c1-24-17-7-4-15(5-8-17)6-9-19(21)20(13-18-3-2-11-25-18)16-10-12-26(22,23)14-16/h2-9,11,16H,10,12-14H2,1H3. The lowest BCUT2D eigenvalue weighted by Crippen LogP contribution is -2.39. The van der Waals surface area contributed by atoms with E-state index in [0.29, 0.717) is 12.2 Å². The van der Waals surface area contributed by atoms with Crippen LogP contribution in [-0.4, -0.2) is 43.9 Å². The summed E-state index contributed by atoms with van der Waals surface area (Å²) in [7, 11) is -1.50. The normalized spacial score (nSPS) is 18.9. The molecule has 1 aromatic carbocycles. The Morgan fingerprint density at radius 3 is 2.65 bits per heavy atom. The lowest BCUT2D eigenvalue weighted by Gasteiger charge is -2.26. The number of carbonyl (C=O) groups excluding carboxylic acids is 1. The average molecular weight is 375 g/mol. The molecule has 1 aromatic heterocycles. The van der Waals surface area contributed by atoms with Crippen LogP contribution in [0.1, 0.15) is 17.7 Å². The molecule has 138 valence electrons. The Kier molecular flexibility index (Phi) is 5.46. The first kappa shape index (κ1) is 18.3. The van der Waals surface area contributed by atoms with Crippen molar-refractivity contribution in [2.75, 3.05) is 18.6 Å². The number of sulfone groups is 1. The van der Waals surface area contributed by atoms with E-state index in [4.69, 9.17) is 9.15 Å². The third-order valence-corrected chi connectivity index (χ3v) is 6.12. The predicted molar refractivity (Wildman–Crippen MR) is 98.3 cm³/mol. The summed E-state index contributed by atoms with van der Waals surface area (Å²) in [6.45, 7) is 0.249. The highest BCUT2D eigenvalue weighted by Crippen LogP contribution is 2.21. The fourth-order valence-electron chi connectivity index (χ4n) is 2.96. The second kappa shape index (κ2) is 7.78. The number of furan rings is 1. The van der Waals surface area contributed by atoms with E-state index < -0.39 is 9.84 Å². The first-order valence-electron chi connectivity index (χ1n) is 8.32. The number of rotatable bonds is 6. The van der Waals surface area contributed by atoms with Crippen molar-refractivity contribution in [2.24, 2.45) is 0 Å². The molecule has 6 nitrogen and oxygen atoms in total. The average Bonchev–Trinajstić information content (AvgIpc) is 3.27. The Morgan fingerprint density at radius 2 is 2.08 bits per heavy atom. The SMILES string of the molecule is COc1ccc(C=CC(=O)N(Cc2ccco2)C2CCS(=O)(=O)C2)cc1. The van der Waals surface area contributed by atoms with Crippen LogP contribution in [0.15, 0.2) is 53.2 Å². The van der Waals surface area contributed by atoms with Gasteiger partial charge in [0.2, 0.25) is 5.91 Å². The molecule has 0 N–H and O–H groups in total. The minimum absolute atomic E-state index is 0.00414. The summed E-state index contributed by atoms with van der Waals surface area (Å²) < 4.78 is 34.1. The Hall–Kier alpha value is -2.54. The van der Waals surface area contributed by atoms with Crippen LogP contribution in [0, 0.1) is 0 Å². The van der Waals surface area contributed by atoms with Crippen molar-refractivity contribution in [1.82, 2.24) is 4.90 Å². The van der Waals surface area contributed by atoms with Crippen LogP contribution in [0.5, 0.6) is 5.75 Å². The van der Waals surface area contributed by atoms with Crippen LogP contribution >= 0.6 is 0 Å². The molecule has 1 atom stereocenters. The molecule has 26 heavy (non-hydrogen) atoms. The Balaban J connectivity index is 1.76. The first-order valence-corrected chi connectivity index (χ1v) is 10.1. The molecule has 0 saturated carbocycles. The van der Waals surface area contributed by atoms with Crippen LogP contribution in [0.4, 0.5) is 0 Å². The van der Waals surface area contributed by atoms with Gasteiger partial charge in [0.25, 0.3) is 0 Å². The molecule has 7 heteroatoms. The summed E-state index contributed by atoms with van der Waals surface area (Å²) in [4.78, 5) is 14.3. The number of nitrogens with zero attached hydrogens (tertiary/aromatic N) is 1. The highest BCUT2D eigenvalue weighted by Gasteiger charge is 2.34. The molecule has 1 amide bonds. The zero-order chi connectivity index (χ0) is 18.6. The van der Waals surface area contributed by atoms with E-state index in [1.807, 2.05) is 24.3 Å². The lowest BCUT2D eigenvalue weighted by atomic mass is 10.1. The number of carbonyl (C=O) groups is 1. The fourth-order valence-corrected chi connectivity index (χ4v) is 4.69. The molecule has 1 saturated heterocycles. The van der Waals surface area contributed by atoms with E-state index in [1.54, 1.807) is 30.2 Å². The van der Waals surface area contributed by atoms with E-state index in [-0.39, 0.29) is 30.0 Å². The van der Waals surface area contributed by atoms with Gasteiger partial charge < -0.3 is 14.1 Å². The second-order valence-corrected chi connectivity index (χ2v) is 8.44. The van der Waals surface area contributed by atoms with E-state index in [9.17, 15) is 13.2 Å². The molecule has 0 bridgehead atoms. The minimum Gasteiger partial charge on any atom is -0.497 e. The van der Waals surface area contributed by atoms with Crippen molar-refractivity contribution in [3.8, 4) is 5.75 Å². The number of hydrogen-bond acceptors (Lipinski definition) is 5. The predicted octanol–water partition coefficient (Wildman–Crippen LogP) is 2.52. The minimum atomic E-state index is -3.09. The summed E-state index contributed by atoms with van der Waals surface area (Å²) in [5.41, 5.74) is 0.858. The van der Waals surface area contributed by atoms with Crippen LogP contribution < -0.4 is 4.74 Å². The van der Waals surface area contributed by atoms with Gasteiger partial charge in [0.1, 0.15) is 11.5 Å².